The third-order valence-corrected chi connectivity index (χ3v) is 4.33. The van der Waals surface area contributed by atoms with E-state index in [2.05, 4.69) is 47.8 Å². The normalized spacial score (nSPS) is 9.92. The SMILES string of the molecule is Cl.O=C(NCCNCCNC(=O)c1cccc(Br)c1)c1cccc(Br)c1. The summed E-state index contributed by atoms with van der Waals surface area (Å²) in [5.74, 6) is -0.211. The molecule has 0 aliphatic heterocycles. The topological polar surface area (TPSA) is 70.2 Å². The van der Waals surface area contributed by atoms with Crippen LogP contribution in [-0.2, 0) is 0 Å². The van der Waals surface area contributed by atoms with Crippen LogP contribution in [0.25, 0.3) is 0 Å². The molecule has 0 fully saturated rings. The van der Waals surface area contributed by atoms with Gasteiger partial charge in [0.15, 0.2) is 0 Å². The van der Waals surface area contributed by atoms with Crippen LogP contribution in [0.5, 0.6) is 0 Å². The van der Waals surface area contributed by atoms with Crippen molar-refractivity contribution < 1.29 is 9.59 Å². The molecule has 3 N–H and O–H groups in total. The summed E-state index contributed by atoms with van der Waals surface area (Å²) >= 11 is 6.69. The van der Waals surface area contributed by atoms with E-state index in [1.807, 2.05) is 24.3 Å². The zero-order valence-corrected chi connectivity index (χ0v) is 17.9. The Morgan fingerprint density at radius 1 is 0.731 bits per heavy atom. The summed E-state index contributed by atoms with van der Waals surface area (Å²) in [6.07, 6.45) is 0. The lowest BCUT2D eigenvalue weighted by Gasteiger charge is -2.08. The molecule has 140 valence electrons. The van der Waals surface area contributed by atoms with E-state index in [-0.39, 0.29) is 24.2 Å². The van der Waals surface area contributed by atoms with Crippen molar-refractivity contribution in [2.75, 3.05) is 26.2 Å². The Morgan fingerprint density at radius 2 is 1.15 bits per heavy atom. The first-order valence-electron chi connectivity index (χ1n) is 7.84. The van der Waals surface area contributed by atoms with Gasteiger partial charge in [-0.2, -0.15) is 0 Å². The second-order valence-electron chi connectivity index (χ2n) is 5.28. The van der Waals surface area contributed by atoms with Crippen molar-refractivity contribution in [3.05, 3.63) is 68.6 Å². The maximum Gasteiger partial charge on any atom is 0.251 e. The van der Waals surface area contributed by atoms with Crippen molar-refractivity contribution in [1.82, 2.24) is 16.0 Å². The highest BCUT2D eigenvalue weighted by Crippen LogP contribution is 2.12. The Hall–Kier alpha value is -1.41. The van der Waals surface area contributed by atoms with Gasteiger partial charge in [-0.05, 0) is 36.4 Å². The highest BCUT2D eigenvalue weighted by molar-refractivity contribution is 9.10. The molecule has 0 bridgehead atoms. The molecule has 5 nitrogen and oxygen atoms in total. The van der Waals surface area contributed by atoms with Crippen LogP contribution >= 0.6 is 44.3 Å². The van der Waals surface area contributed by atoms with Crippen LogP contribution in [0, 0.1) is 0 Å². The van der Waals surface area contributed by atoms with Crippen molar-refractivity contribution in [2.24, 2.45) is 0 Å². The molecule has 2 rings (SSSR count). The van der Waals surface area contributed by atoms with Gasteiger partial charge < -0.3 is 16.0 Å². The van der Waals surface area contributed by atoms with E-state index in [9.17, 15) is 9.59 Å². The van der Waals surface area contributed by atoms with Gasteiger partial charge in [0.25, 0.3) is 11.8 Å². The number of amides is 2. The molecule has 0 saturated carbocycles. The number of benzene rings is 2. The molecule has 26 heavy (non-hydrogen) atoms. The van der Waals surface area contributed by atoms with Crippen LogP contribution in [0.1, 0.15) is 20.7 Å². The lowest BCUT2D eigenvalue weighted by atomic mass is 10.2. The molecule has 0 unspecified atom stereocenters. The van der Waals surface area contributed by atoms with Gasteiger partial charge in [0, 0.05) is 46.3 Å². The van der Waals surface area contributed by atoms with E-state index in [1.54, 1.807) is 24.3 Å². The van der Waals surface area contributed by atoms with Crippen LogP contribution in [0.15, 0.2) is 57.5 Å². The molecule has 2 aromatic carbocycles. The van der Waals surface area contributed by atoms with Gasteiger partial charge in [0.2, 0.25) is 0 Å². The average molecular weight is 506 g/mol. The van der Waals surface area contributed by atoms with E-state index in [1.165, 1.54) is 0 Å². The molecule has 0 radical (unpaired) electrons. The molecule has 0 heterocycles. The van der Waals surface area contributed by atoms with Gasteiger partial charge in [-0.1, -0.05) is 44.0 Å². The van der Waals surface area contributed by atoms with Gasteiger partial charge in [-0.15, -0.1) is 12.4 Å². The summed E-state index contributed by atoms with van der Waals surface area (Å²) in [4.78, 5) is 23.9. The molecule has 2 amide bonds. The average Bonchev–Trinajstić information content (AvgIpc) is 2.60. The predicted molar refractivity (Wildman–Crippen MR) is 113 cm³/mol. The summed E-state index contributed by atoms with van der Waals surface area (Å²) in [7, 11) is 0. The first-order valence-corrected chi connectivity index (χ1v) is 9.43. The van der Waals surface area contributed by atoms with Crippen LogP contribution in [0.2, 0.25) is 0 Å². The number of nitrogens with one attached hydrogen (secondary N) is 3. The monoisotopic (exact) mass is 503 g/mol. The predicted octanol–water partition coefficient (Wildman–Crippen LogP) is 3.38. The van der Waals surface area contributed by atoms with Crippen molar-refractivity contribution in [3.63, 3.8) is 0 Å². The zero-order valence-electron chi connectivity index (χ0n) is 13.9. The van der Waals surface area contributed by atoms with Crippen LogP contribution < -0.4 is 16.0 Å². The van der Waals surface area contributed by atoms with Crippen LogP contribution in [-0.4, -0.2) is 38.0 Å². The zero-order chi connectivity index (χ0) is 18.1. The van der Waals surface area contributed by atoms with Gasteiger partial charge in [-0.25, -0.2) is 0 Å². The van der Waals surface area contributed by atoms with Gasteiger partial charge >= 0.3 is 0 Å². The van der Waals surface area contributed by atoms with E-state index in [4.69, 9.17) is 0 Å². The smallest absolute Gasteiger partial charge is 0.251 e. The Balaban J connectivity index is 0.00000338. The number of hydrogen-bond donors (Lipinski definition) is 3. The molecule has 0 aromatic heterocycles. The van der Waals surface area contributed by atoms with E-state index < -0.39 is 0 Å². The van der Waals surface area contributed by atoms with Crippen molar-refractivity contribution in [3.8, 4) is 0 Å². The van der Waals surface area contributed by atoms with Gasteiger partial charge in [-0.3, -0.25) is 9.59 Å². The largest absolute Gasteiger partial charge is 0.351 e. The molecular formula is C18H20Br2ClN3O2. The molecule has 0 aliphatic rings. The maximum absolute atomic E-state index is 11.9. The lowest BCUT2D eigenvalue weighted by molar-refractivity contribution is 0.0948. The number of carbonyl (C=O) groups excluding carboxylic acids is 2. The fourth-order valence-corrected chi connectivity index (χ4v) is 2.92. The van der Waals surface area contributed by atoms with Crippen LogP contribution in [0.3, 0.4) is 0 Å². The first kappa shape index (κ1) is 22.6. The van der Waals surface area contributed by atoms with Crippen molar-refractivity contribution in [2.45, 2.75) is 0 Å². The van der Waals surface area contributed by atoms with E-state index in [0.717, 1.165) is 8.95 Å². The van der Waals surface area contributed by atoms with E-state index >= 15 is 0 Å². The Labute approximate surface area is 176 Å². The summed E-state index contributed by atoms with van der Waals surface area (Å²) in [6.45, 7) is 2.30. The molecule has 8 heteroatoms. The Bertz CT molecular complexity index is 682. The van der Waals surface area contributed by atoms with E-state index in [0.29, 0.717) is 37.3 Å². The summed E-state index contributed by atoms with van der Waals surface area (Å²) in [5.41, 5.74) is 1.24. The summed E-state index contributed by atoms with van der Waals surface area (Å²) in [6, 6.07) is 14.5. The molecule has 0 atom stereocenters. The maximum atomic E-state index is 11.9. The van der Waals surface area contributed by atoms with Crippen LogP contribution in [0.4, 0.5) is 0 Å². The highest BCUT2D eigenvalue weighted by Gasteiger charge is 2.05. The number of rotatable bonds is 8. The molecule has 0 aliphatic carbocycles. The molecule has 2 aromatic rings. The number of carbonyl (C=O) groups is 2. The minimum absolute atomic E-state index is 0. The lowest BCUT2D eigenvalue weighted by Crippen LogP contribution is -2.36. The Morgan fingerprint density at radius 3 is 1.54 bits per heavy atom. The fourth-order valence-electron chi connectivity index (χ4n) is 2.12. The standard InChI is InChI=1S/C18H19Br2N3O2.ClH/c19-15-5-1-3-13(11-15)17(24)22-9-7-21-8-10-23-18(25)14-4-2-6-16(20)12-14;/h1-6,11-12,21H,7-10H2,(H,22,24)(H,23,25);1H. The summed E-state index contributed by atoms with van der Waals surface area (Å²) in [5, 5.41) is 8.86. The first-order chi connectivity index (χ1) is 12.1. The molecular weight excluding hydrogens is 485 g/mol. The van der Waals surface area contributed by atoms with Crippen molar-refractivity contribution in [1.29, 1.82) is 0 Å². The number of hydrogen-bond acceptors (Lipinski definition) is 3. The van der Waals surface area contributed by atoms with Crippen molar-refractivity contribution >= 4 is 56.1 Å². The third kappa shape index (κ3) is 7.86. The number of halogens is 3. The quantitative estimate of drug-likeness (QED) is 0.482. The van der Waals surface area contributed by atoms with Gasteiger partial charge in [0.1, 0.15) is 0 Å². The minimum Gasteiger partial charge on any atom is -0.351 e. The second-order valence-corrected chi connectivity index (χ2v) is 7.11. The van der Waals surface area contributed by atoms with Gasteiger partial charge in [0.05, 0.1) is 0 Å². The Kier molecular flexibility index (Phi) is 10.5. The molecule has 0 saturated heterocycles. The summed E-state index contributed by atoms with van der Waals surface area (Å²) < 4.78 is 1.75. The fraction of sp³-hybridized carbons (Fsp3) is 0.222. The minimum atomic E-state index is -0.106. The molecule has 0 spiro atoms. The third-order valence-electron chi connectivity index (χ3n) is 3.35. The highest BCUT2D eigenvalue weighted by atomic mass is 79.9. The second kappa shape index (κ2) is 12.1.